The van der Waals surface area contributed by atoms with Crippen molar-refractivity contribution >= 4 is 17.4 Å². The Bertz CT molecular complexity index is 286. The third-order valence-electron chi connectivity index (χ3n) is 2.26. The summed E-state index contributed by atoms with van der Waals surface area (Å²) >= 11 is 0. The Morgan fingerprint density at radius 2 is 2.27 bits per heavy atom. The molecule has 1 rings (SSSR count). The van der Waals surface area contributed by atoms with E-state index in [1.807, 2.05) is 13.8 Å². The number of ketones is 1. The summed E-state index contributed by atoms with van der Waals surface area (Å²) in [7, 11) is 0. The Labute approximate surface area is 88.9 Å². The van der Waals surface area contributed by atoms with Gasteiger partial charge in [0.25, 0.3) is 5.91 Å². The van der Waals surface area contributed by atoms with Crippen molar-refractivity contribution in [3.05, 3.63) is 0 Å². The standard InChI is InChI=1S/C10H16N2O3/c1-3-7(5-8(13)4-2)11-9-6-15-12-10(9)14/h9H,3-6H2,1-2H3,(H,12,14). The van der Waals surface area contributed by atoms with E-state index in [4.69, 9.17) is 4.84 Å². The highest BCUT2D eigenvalue weighted by molar-refractivity contribution is 6.02. The Hall–Kier alpha value is -1.23. The summed E-state index contributed by atoms with van der Waals surface area (Å²) in [5.74, 6) is -0.0835. The zero-order valence-electron chi connectivity index (χ0n) is 9.08. The molecule has 1 fully saturated rings. The van der Waals surface area contributed by atoms with Crippen LogP contribution < -0.4 is 5.48 Å². The van der Waals surface area contributed by atoms with Gasteiger partial charge in [-0.15, -0.1) is 0 Å². The smallest absolute Gasteiger partial charge is 0.270 e. The van der Waals surface area contributed by atoms with Gasteiger partial charge in [0, 0.05) is 18.6 Å². The van der Waals surface area contributed by atoms with E-state index in [9.17, 15) is 9.59 Å². The first-order valence-corrected chi connectivity index (χ1v) is 5.16. The molecule has 1 aliphatic heterocycles. The molecule has 1 amide bonds. The molecule has 1 N–H and O–H groups in total. The van der Waals surface area contributed by atoms with Gasteiger partial charge in [-0.3, -0.25) is 19.4 Å². The van der Waals surface area contributed by atoms with Crippen LogP contribution in [0.5, 0.6) is 0 Å². The maximum absolute atomic E-state index is 11.2. The molecule has 0 saturated carbocycles. The third-order valence-corrected chi connectivity index (χ3v) is 2.26. The monoisotopic (exact) mass is 212 g/mol. The second kappa shape index (κ2) is 5.60. The lowest BCUT2D eigenvalue weighted by Crippen LogP contribution is -2.23. The van der Waals surface area contributed by atoms with Gasteiger partial charge in [0.1, 0.15) is 12.4 Å². The molecule has 0 aliphatic carbocycles. The number of nitrogens with one attached hydrogen (secondary N) is 1. The van der Waals surface area contributed by atoms with Gasteiger partial charge < -0.3 is 0 Å². The van der Waals surface area contributed by atoms with E-state index in [0.29, 0.717) is 19.3 Å². The SMILES string of the molecule is CCC(=O)CC(CC)=NC1CONC1=O. The van der Waals surface area contributed by atoms with Crippen LogP contribution in [0.2, 0.25) is 0 Å². The Balaban J connectivity index is 2.60. The number of hydrogen-bond acceptors (Lipinski definition) is 4. The third kappa shape index (κ3) is 3.43. The normalized spacial score (nSPS) is 21.6. The average Bonchev–Trinajstić information content (AvgIpc) is 2.63. The molecule has 0 spiro atoms. The summed E-state index contributed by atoms with van der Waals surface area (Å²) in [4.78, 5) is 31.4. The molecule has 84 valence electrons. The van der Waals surface area contributed by atoms with Crippen LogP contribution >= 0.6 is 0 Å². The number of amides is 1. The number of carbonyl (C=O) groups is 2. The van der Waals surface area contributed by atoms with Gasteiger partial charge in [0.2, 0.25) is 0 Å². The van der Waals surface area contributed by atoms with E-state index in [0.717, 1.165) is 5.71 Å². The number of nitrogens with zero attached hydrogens (tertiary/aromatic N) is 1. The van der Waals surface area contributed by atoms with Gasteiger partial charge in [-0.05, 0) is 6.42 Å². The van der Waals surface area contributed by atoms with Crippen LogP contribution in [-0.4, -0.2) is 30.1 Å². The van der Waals surface area contributed by atoms with Gasteiger partial charge in [-0.2, -0.15) is 0 Å². The molecule has 1 saturated heterocycles. The van der Waals surface area contributed by atoms with Crippen molar-refractivity contribution in [2.24, 2.45) is 4.99 Å². The van der Waals surface area contributed by atoms with Crippen molar-refractivity contribution < 1.29 is 14.4 Å². The van der Waals surface area contributed by atoms with E-state index < -0.39 is 6.04 Å². The minimum atomic E-state index is -0.482. The minimum Gasteiger partial charge on any atom is -0.299 e. The molecular weight excluding hydrogens is 196 g/mol. The second-order valence-electron chi connectivity index (χ2n) is 3.41. The fourth-order valence-corrected chi connectivity index (χ4v) is 1.27. The summed E-state index contributed by atoms with van der Waals surface area (Å²) in [6, 6.07) is -0.482. The summed E-state index contributed by atoms with van der Waals surface area (Å²) in [6.45, 7) is 4.00. The lowest BCUT2D eigenvalue weighted by molar-refractivity contribution is -0.124. The van der Waals surface area contributed by atoms with Crippen molar-refractivity contribution in [1.82, 2.24) is 5.48 Å². The van der Waals surface area contributed by atoms with Crippen LogP contribution in [0.3, 0.4) is 0 Å². The van der Waals surface area contributed by atoms with Crippen LogP contribution in [0.15, 0.2) is 4.99 Å². The number of Topliss-reactive ketones (excluding diaryl/α,β-unsaturated/α-hetero) is 1. The first-order chi connectivity index (χ1) is 7.17. The van der Waals surface area contributed by atoms with E-state index in [-0.39, 0.29) is 18.3 Å². The van der Waals surface area contributed by atoms with Crippen LogP contribution in [0.25, 0.3) is 0 Å². The van der Waals surface area contributed by atoms with E-state index in [1.165, 1.54) is 0 Å². The predicted molar refractivity (Wildman–Crippen MR) is 55.5 cm³/mol. The van der Waals surface area contributed by atoms with Crippen molar-refractivity contribution in [2.45, 2.75) is 39.2 Å². The van der Waals surface area contributed by atoms with E-state index in [2.05, 4.69) is 10.5 Å². The van der Waals surface area contributed by atoms with Gasteiger partial charge in [-0.25, -0.2) is 5.48 Å². The van der Waals surface area contributed by atoms with Gasteiger partial charge in [0.05, 0.1) is 0 Å². The molecule has 1 aliphatic rings. The molecule has 0 aromatic heterocycles. The van der Waals surface area contributed by atoms with Crippen LogP contribution in [-0.2, 0) is 14.4 Å². The Morgan fingerprint density at radius 3 is 2.73 bits per heavy atom. The van der Waals surface area contributed by atoms with Crippen molar-refractivity contribution in [3.8, 4) is 0 Å². The molecule has 0 radical (unpaired) electrons. The predicted octanol–water partition coefficient (Wildman–Crippen LogP) is 0.637. The van der Waals surface area contributed by atoms with Crippen molar-refractivity contribution in [1.29, 1.82) is 0 Å². The molecule has 5 heteroatoms. The van der Waals surface area contributed by atoms with Gasteiger partial charge in [0.15, 0.2) is 6.04 Å². The quantitative estimate of drug-likeness (QED) is 0.680. The van der Waals surface area contributed by atoms with Crippen LogP contribution in [0, 0.1) is 0 Å². The number of hydroxylamine groups is 1. The lowest BCUT2D eigenvalue weighted by atomic mass is 10.1. The average molecular weight is 212 g/mol. The highest BCUT2D eigenvalue weighted by atomic mass is 16.7. The fourth-order valence-electron chi connectivity index (χ4n) is 1.27. The van der Waals surface area contributed by atoms with Crippen molar-refractivity contribution in [3.63, 3.8) is 0 Å². The maximum Gasteiger partial charge on any atom is 0.270 e. The number of aliphatic imine (C=N–C) groups is 1. The molecule has 0 aromatic rings. The number of hydrogen-bond donors (Lipinski definition) is 1. The van der Waals surface area contributed by atoms with E-state index >= 15 is 0 Å². The zero-order chi connectivity index (χ0) is 11.3. The van der Waals surface area contributed by atoms with Crippen molar-refractivity contribution in [2.75, 3.05) is 6.61 Å². The summed E-state index contributed by atoms with van der Waals surface area (Å²) in [6.07, 6.45) is 1.54. The summed E-state index contributed by atoms with van der Waals surface area (Å²) in [5.41, 5.74) is 3.01. The van der Waals surface area contributed by atoms with Crippen LogP contribution in [0.1, 0.15) is 33.1 Å². The molecule has 1 atom stereocenters. The van der Waals surface area contributed by atoms with Gasteiger partial charge >= 0.3 is 0 Å². The number of carbonyl (C=O) groups excluding carboxylic acids is 2. The molecule has 15 heavy (non-hydrogen) atoms. The topological polar surface area (TPSA) is 67.8 Å². The minimum absolute atomic E-state index is 0.148. The molecule has 1 heterocycles. The highest BCUT2D eigenvalue weighted by Crippen LogP contribution is 2.05. The molecule has 0 aromatic carbocycles. The maximum atomic E-state index is 11.2. The van der Waals surface area contributed by atoms with Crippen LogP contribution in [0.4, 0.5) is 0 Å². The fraction of sp³-hybridized carbons (Fsp3) is 0.700. The Kier molecular flexibility index (Phi) is 4.42. The second-order valence-corrected chi connectivity index (χ2v) is 3.41. The molecular formula is C10H16N2O3. The largest absolute Gasteiger partial charge is 0.299 e. The number of rotatable bonds is 5. The summed E-state index contributed by atoms with van der Waals surface area (Å²) < 4.78 is 0. The van der Waals surface area contributed by atoms with E-state index in [1.54, 1.807) is 0 Å². The first-order valence-electron chi connectivity index (χ1n) is 5.16. The molecule has 0 bridgehead atoms. The molecule has 5 nitrogen and oxygen atoms in total. The Morgan fingerprint density at radius 1 is 1.53 bits per heavy atom. The lowest BCUT2D eigenvalue weighted by Gasteiger charge is -2.04. The molecule has 1 unspecified atom stereocenters. The van der Waals surface area contributed by atoms with Gasteiger partial charge in [-0.1, -0.05) is 13.8 Å². The highest BCUT2D eigenvalue weighted by Gasteiger charge is 2.25. The first kappa shape index (κ1) is 11.8. The summed E-state index contributed by atoms with van der Waals surface area (Å²) in [5, 5.41) is 0. The zero-order valence-corrected chi connectivity index (χ0v) is 9.08.